The van der Waals surface area contributed by atoms with E-state index in [0.717, 1.165) is 12.3 Å². The van der Waals surface area contributed by atoms with E-state index in [2.05, 4.69) is 108 Å². The van der Waals surface area contributed by atoms with Crippen molar-refractivity contribution in [2.45, 2.75) is 131 Å². The SMILES string of the molecule is C[C@@H]1CNC(C)(C)C1.Cc1nn(C)cc1S(=O)(=O)NC(=O)c1ccc(-n2ccc(OCC(C)(C)C)n2)nc1Cl.Cc1nn(C)cc1S(=O)(=O)NC(=O)c1ccc(-n2ccc(OCC(C)(C)C)n2)nc1N1C[C@@H](C)CC1(C)C.Cl.O=CO[O-].[H-].[K+].[K+]. The first-order valence-corrected chi connectivity index (χ1v) is 29.2. The molecule has 0 unspecified atom stereocenters. The van der Waals surface area contributed by atoms with E-state index in [9.17, 15) is 26.4 Å². The standard InChI is InChI=1S/C26H37N7O4S.C19H23ClN6O4S.C7H15N.CH2O3.ClH.2K.H/c1-17-13-26(6,7)32(14-17)23-19(24(34)30-38(35,36)20-15-31(8)28-18(20)2)9-10-21(27-23)33-12-11-22(29-33)37-16-25(3,4)5;1-12-14(10-25(5)22-12)31(28,29)24-18(27)13-6-7-15(21-17(13)20)26-9-8-16(23-26)30-11-19(2,3)4;1-6-4-7(2,3)8-5-6;2-1-4-3;;;;/h9-12,15,17H,13-14,16H2,1-8H3,(H,30,34);6-10H,11H2,1-5H3,(H,24,27);6,8H,4-5H2,1-3H3;1,3H;1H;;;/q;;;;;2*+1;-1/p-1/t17-;;6-;;;;;/m0.0...../s1. The second-order valence-corrected chi connectivity index (χ2v) is 27.5. The minimum atomic E-state index is -4.14. The Morgan fingerprint density at radius 2 is 1.17 bits per heavy atom. The predicted octanol–water partition coefficient (Wildman–Crippen LogP) is 0.355. The number of nitrogens with one attached hydrogen (secondary N) is 3. The molecule has 0 saturated carbocycles. The van der Waals surface area contributed by atoms with Gasteiger partial charge in [0.25, 0.3) is 38.3 Å². The van der Waals surface area contributed by atoms with Crippen LogP contribution in [0.4, 0.5) is 5.82 Å². The van der Waals surface area contributed by atoms with Crippen LogP contribution >= 0.6 is 24.0 Å². The smallest absolute Gasteiger partial charge is 1.00 e. The van der Waals surface area contributed by atoms with E-state index >= 15 is 0 Å². The minimum Gasteiger partial charge on any atom is -1.00 e. The zero-order valence-electron chi connectivity index (χ0n) is 52.3. The van der Waals surface area contributed by atoms with Crippen molar-refractivity contribution in [3.8, 4) is 23.4 Å². The summed E-state index contributed by atoms with van der Waals surface area (Å²) in [6, 6.07) is 9.57. The molecule has 2 fully saturated rings. The van der Waals surface area contributed by atoms with Crippen LogP contribution in [0.3, 0.4) is 0 Å². The normalized spacial score (nSPS) is 16.0. The van der Waals surface area contributed by atoms with Gasteiger partial charge < -0.3 is 31.3 Å². The van der Waals surface area contributed by atoms with Gasteiger partial charge in [-0.3, -0.25) is 23.7 Å². The average Bonchev–Trinajstić information content (AvgIpc) is 3.33. The number of aromatic nitrogens is 10. The Morgan fingerprint density at radius 3 is 1.50 bits per heavy atom. The van der Waals surface area contributed by atoms with Crippen molar-refractivity contribution in [3.63, 3.8) is 0 Å². The summed E-state index contributed by atoms with van der Waals surface area (Å²) in [4.78, 5) is 48.1. The van der Waals surface area contributed by atoms with Gasteiger partial charge in [-0.05, 0) is 108 Å². The molecule has 454 valence electrons. The number of hydrogen-bond donors (Lipinski definition) is 3. The summed E-state index contributed by atoms with van der Waals surface area (Å²) in [5, 5.41) is 28.5. The molecule has 2 atom stereocenters. The third-order valence-electron chi connectivity index (χ3n) is 12.2. The Balaban J connectivity index is 0.000000690. The second-order valence-electron chi connectivity index (χ2n) is 23.8. The number of rotatable bonds is 14. The zero-order valence-corrected chi connectivity index (χ0v) is 60.7. The minimum absolute atomic E-state index is 0. The number of anilines is 1. The average molecular weight is 1300 g/mol. The monoisotopic (exact) mass is 1300 g/mol. The van der Waals surface area contributed by atoms with Gasteiger partial charge in [0.15, 0.2) is 11.6 Å². The van der Waals surface area contributed by atoms with Gasteiger partial charge in [-0.25, -0.2) is 45.6 Å². The summed E-state index contributed by atoms with van der Waals surface area (Å²) in [7, 11) is -5.04. The molecule has 0 radical (unpaired) electrons. The van der Waals surface area contributed by atoms with Crippen LogP contribution in [0.25, 0.3) is 11.6 Å². The number of aryl methyl sites for hydroxylation is 4. The number of ether oxygens (including phenoxy) is 2. The maximum Gasteiger partial charge on any atom is 1.00 e. The summed E-state index contributed by atoms with van der Waals surface area (Å²) in [6.07, 6.45) is 8.30. The molecule has 8 rings (SSSR count). The van der Waals surface area contributed by atoms with Gasteiger partial charge >= 0.3 is 103 Å². The fourth-order valence-electron chi connectivity index (χ4n) is 8.85. The largest absolute Gasteiger partial charge is 1.00 e. The summed E-state index contributed by atoms with van der Waals surface area (Å²) in [5.41, 5.74) is 0.740. The molecular weight excluding hydrogens is 1220 g/mol. The molecule has 3 N–H and O–H groups in total. The molecule has 0 bridgehead atoms. The molecule has 2 amide bonds. The predicted molar refractivity (Wildman–Crippen MR) is 309 cm³/mol. The summed E-state index contributed by atoms with van der Waals surface area (Å²) < 4.78 is 72.5. The molecule has 0 aliphatic carbocycles. The van der Waals surface area contributed by atoms with Crippen LogP contribution in [-0.4, -0.2) is 122 Å². The molecule has 2 saturated heterocycles. The maximum atomic E-state index is 13.4. The number of carbonyl (C=O) groups excluding carboxylic acids is 3. The van der Waals surface area contributed by atoms with Crippen molar-refractivity contribution in [1.82, 2.24) is 63.9 Å². The number of sulfonamides is 2. The maximum absolute atomic E-state index is 13.4. The molecule has 8 heterocycles. The quantitative estimate of drug-likeness (QED) is 0.0436. The van der Waals surface area contributed by atoms with E-state index in [1.807, 2.05) is 25.5 Å². The van der Waals surface area contributed by atoms with Crippen LogP contribution in [-0.2, 0) is 43.8 Å². The number of pyridine rings is 2. The molecule has 0 spiro atoms. The first kappa shape index (κ1) is 76.7. The van der Waals surface area contributed by atoms with Gasteiger partial charge in [0, 0.05) is 68.6 Å². The van der Waals surface area contributed by atoms with Crippen molar-refractivity contribution >= 4 is 68.2 Å². The van der Waals surface area contributed by atoms with Crippen LogP contribution in [0.15, 0.2) is 71.0 Å². The molecule has 2 aliphatic rings. The third kappa shape index (κ3) is 22.3. The zero-order chi connectivity index (χ0) is 60.6. The summed E-state index contributed by atoms with van der Waals surface area (Å²) in [5.74, 6) is 1.72. The molecule has 6 aromatic heterocycles. The van der Waals surface area contributed by atoms with E-state index in [0.29, 0.717) is 66.1 Å². The molecule has 0 aromatic carbocycles. The Kier molecular flexibility index (Phi) is 28.9. The van der Waals surface area contributed by atoms with E-state index < -0.39 is 31.9 Å². The van der Waals surface area contributed by atoms with Gasteiger partial charge in [0.1, 0.15) is 20.8 Å². The van der Waals surface area contributed by atoms with E-state index in [-0.39, 0.29) is 171 Å². The number of hydrogen-bond acceptors (Lipinski definition) is 19. The van der Waals surface area contributed by atoms with Gasteiger partial charge in [0.05, 0.1) is 35.7 Å². The van der Waals surface area contributed by atoms with E-state index in [1.165, 1.54) is 58.5 Å². The van der Waals surface area contributed by atoms with Crippen LogP contribution in [0.2, 0.25) is 5.15 Å². The van der Waals surface area contributed by atoms with Crippen molar-refractivity contribution < 1.29 is 155 Å². The molecule has 6 aromatic rings. The number of nitrogens with zero attached hydrogens (tertiary/aromatic N) is 11. The molecule has 84 heavy (non-hydrogen) atoms. The van der Waals surface area contributed by atoms with Gasteiger partial charge in [-0.1, -0.05) is 67.0 Å². The topological polar surface area (TPSA) is 307 Å². The van der Waals surface area contributed by atoms with E-state index in [4.69, 9.17) is 36.1 Å². The molecule has 25 nitrogen and oxygen atoms in total. The Morgan fingerprint density at radius 1 is 0.738 bits per heavy atom. The Labute approximate surface area is 590 Å². The molecule has 31 heteroatoms. The number of halogens is 2. The fourth-order valence-corrected chi connectivity index (χ4v) is 11.5. The Hall–Kier alpha value is -3.38. The number of carbonyl (C=O) groups is 3. The molecule has 2 aliphatic heterocycles. The second kappa shape index (κ2) is 31.7. The van der Waals surface area contributed by atoms with E-state index in [1.54, 1.807) is 62.4 Å². The summed E-state index contributed by atoms with van der Waals surface area (Å²) >= 11 is 6.16. The first-order chi connectivity index (χ1) is 37.4. The van der Waals surface area contributed by atoms with Crippen molar-refractivity contribution in [2.75, 3.05) is 31.2 Å². The van der Waals surface area contributed by atoms with Crippen LogP contribution in [0, 0.1) is 36.5 Å². The van der Waals surface area contributed by atoms with Crippen LogP contribution in [0.1, 0.15) is 129 Å². The third-order valence-corrected chi connectivity index (χ3v) is 15.4. The van der Waals surface area contributed by atoms with Crippen molar-refractivity contribution in [3.05, 3.63) is 88.9 Å². The van der Waals surface area contributed by atoms with Crippen LogP contribution in [0.5, 0.6) is 11.8 Å². The van der Waals surface area contributed by atoms with Crippen LogP contribution < -0.4 is 137 Å². The Bertz CT molecular complexity index is 3420. The van der Waals surface area contributed by atoms with Gasteiger partial charge in [-0.2, -0.15) is 10.2 Å². The molecular formula is C53H78Cl2K2N14O11S2. The van der Waals surface area contributed by atoms with Gasteiger partial charge in [-0.15, -0.1) is 22.6 Å². The van der Waals surface area contributed by atoms with Crippen molar-refractivity contribution in [1.29, 1.82) is 0 Å². The van der Waals surface area contributed by atoms with Gasteiger partial charge in [0.2, 0.25) is 11.8 Å². The van der Waals surface area contributed by atoms with Crippen molar-refractivity contribution in [2.24, 2.45) is 36.8 Å². The summed E-state index contributed by atoms with van der Waals surface area (Å²) in [6.45, 7) is 31.3. The number of amides is 2. The fraction of sp³-hybridized carbons (Fsp3) is 0.528. The first-order valence-electron chi connectivity index (χ1n) is 25.9.